The van der Waals surface area contributed by atoms with E-state index in [1.165, 1.54) is 11.1 Å². The van der Waals surface area contributed by atoms with Crippen LogP contribution < -0.4 is 0 Å². The molecule has 0 spiro atoms. The molecule has 1 unspecified atom stereocenters. The molecule has 0 aliphatic heterocycles. The first-order chi connectivity index (χ1) is 9.96. The fourth-order valence-corrected chi connectivity index (χ4v) is 4.61. The van der Waals surface area contributed by atoms with Gasteiger partial charge in [-0.3, -0.25) is 0 Å². The lowest BCUT2D eigenvalue weighted by molar-refractivity contribution is -0.147. The minimum Gasteiger partial charge on any atom is -0.462 e. The molecule has 4 heteroatoms. The van der Waals surface area contributed by atoms with E-state index in [1.54, 1.807) is 0 Å². The highest BCUT2D eigenvalue weighted by molar-refractivity contribution is 9.10. The Kier molecular flexibility index (Phi) is 3.47. The van der Waals surface area contributed by atoms with Crippen LogP contribution in [0.1, 0.15) is 47.7 Å². The molecule has 2 bridgehead atoms. The van der Waals surface area contributed by atoms with Crippen LogP contribution in [0.5, 0.6) is 0 Å². The quantitative estimate of drug-likeness (QED) is 0.463. The standard InChI is InChI=1S/C17H19BrO3/c1-3-21-15(20)12-5-4-11(2)13(6-12)16-8-17(9-16,10-16)14(18)7-19/h4-7,14H,3,8-10H2,1-2H3. The Labute approximate surface area is 133 Å². The van der Waals surface area contributed by atoms with E-state index >= 15 is 0 Å². The number of benzene rings is 1. The second-order valence-corrected chi connectivity index (χ2v) is 7.45. The number of hydrogen-bond donors (Lipinski definition) is 0. The number of halogens is 1. The summed E-state index contributed by atoms with van der Waals surface area (Å²) in [7, 11) is 0. The molecular formula is C17H19BrO3. The summed E-state index contributed by atoms with van der Waals surface area (Å²) in [5.74, 6) is -0.258. The summed E-state index contributed by atoms with van der Waals surface area (Å²) < 4.78 is 5.08. The lowest BCUT2D eigenvalue weighted by atomic mass is 9.32. The van der Waals surface area contributed by atoms with Crippen LogP contribution in [0, 0.1) is 12.3 Å². The Morgan fingerprint density at radius 3 is 2.67 bits per heavy atom. The van der Waals surface area contributed by atoms with E-state index in [4.69, 9.17) is 4.74 Å². The van der Waals surface area contributed by atoms with E-state index in [2.05, 4.69) is 22.9 Å². The van der Waals surface area contributed by atoms with Crippen molar-refractivity contribution in [1.82, 2.24) is 0 Å². The van der Waals surface area contributed by atoms with Crippen LogP contribution in [-0.4, -0.2) is 23.7 Å². The molecule has 3 aliphatic rings. The normalized spacial score (nSPS) is 30.8. The summed E-state index contributed by atoms with van der Waals surface area (Å²) in [5, 5.41) is 0. The number of aryl methyl sites for hydroxylation is 1. The van der Waals surface area contributed by atoms with Crippen molar-refractivity contribution in [3.8, 4) is 0 Å². The zero-order valence-electron chi connectivity index (χ0n) is 12.3. The number of aldehydes is 1. The number of ether oxygens (including phenoxy) is 1. The third-order valence-electron chi connectivity index (χ3n) is 5.10. The number of carbonyl (C=O) groups is 2. The molecule has 4 rings (SSSR count). The molecule has 112 valence electrons. The topological polar surface area (TPSA) is 43.4 Å². The summed E-state index contributed by atoms with van der Waals surface area (Å²) in [6, 6.07) is 5.82. The molecule has 1 aromatic rings. The van der Waals surface area contributed by atoms with Gasteiger partial charge in [-0.25, -0.2) is 4.79 Å². The van der Waals surface area contributed by atoms with Crippen molar-refractivity contribution in [2.45, 2.75) is 43.4 Å². The first kappa shape index (κ1) is 14.8. The lowest BCUT2D eigenvalue weighted by Crippen LogP contribution is -2.68. The number of rotatable bonds is 5. The van der Waals surface area contributed by atoms with Gasteiger partial charge in [0.15, 0.2) is 0 Å². The first-order valence-electron chi connectivity index (χ1n) is 7.34. The maximum atomic E-state index is 11.9. The molecule has 0 heterocycles. The zero-order chi connectivity index (χ0) is 15.3. The van der Waals surface area contributed by atoms with E-state index in [0.29, 0.717) is 12.2 Å². The third kappa shape index (κ3) is 2.07. The molecular weight excluding hydrogens is 332 g/mol. The highest BCUT2D eigenvalue weighted by Gasteiger charge is 2.70. The summed E-state index contributed by atoms with van der Waals surface area (Å²) >= 11 is 3.48. The van der Waals surface area contributed by atoms with Crippen molar-refractivity contribution < 1.29 is 14.3 Å². The average Bonchev–Trinajstić information content (AvgIpc) is 2.37. The molecule has 0 radical (unpaired) electrons. The summed E-state index contributed by atoms with van der Waals surface area (Å²) in [4.78, 5) is 22.8. The van der Waals surface area contributed by atoms with Gasteiger partial charge in [0, 0.05) is 0 Å². The fourth-order valence-electron chi connectivity index (χ4n) is 4.12. The lowest BCUT2D eigenvalue weighted by Gasteiger charge is -2.72. The van der Waals surface area contributed by atoms with E-state index in [0.717, 1.165) is 25.5 Å². The minimum atomic E-state index is -0.258. The van der Waals surface area contributed by atoms with E-state index in [9.17, 15) is 9.59 Å². The Morgan fingerprint density at radius 1 is 1.43 bits per heavy atom. The SMILES string of the molecule is CCOC(=O)c1ccc(C)c(C23CC(C(Br)C=O)(C2)C3)c1. The highest BCUT2D eigenvalue weighted by Crippen LogP contribution is 2.76. The monoisotopic (exact) mass is 350 g/mol. The van der Waals surface area contributed by atoms with Crippen LogP contribution in [0.15, 0.2) is 18.2 Å². The average molecular weight is 351 g/mol. The van der Waals surface area contributed by atoms with Crippen LogP contribution in [0.2, 0.25) is 0 Å². The predicted octanol–water partition coefficient (Wildman–Crippen LogP) is 3.56. The Hall–Kier alpha value is -1.16. The van der Waals surface area contributed by atoms with E-state index in [-0.39, 0.29) is 21.6 Å². The molecule has 1 atom stereocenters. The predicted molar refractivity (Wildman–Crippen MR) is 83.9 cm³/mol. The highest BCUT2D eigenvalue weighted by atomic mass is 79.9. The fraction of sp³-hybridized carbons (Fsp3) is 0.529. The summed E-state index contributed by atoms with van der Waals surface area (Å²) in [5.41, 5.74) is 3.41. The van der Waals surface area contributed by atoms with Crippen molar-refractivity contribution in [2.75, 3.05) is 6.61 Å². The molecule has 0 aromatic heterocycles. The summed E-state index contributed by atoms with van der Waals surface area (Å²) in [6.07, 6.45) is 4.09. The number of carbonyl (C=O) groups excluding carboxylic acids is 2. The van der Waals surface area contributed by atoms with Gasteiger partial charge in [0.1, 0.15) is 6.29 Å². The largest absolute Gasteiger partial charge is 0.462 e. The minimum absolute atomic E-state index is 0.0413. The molecule has 0 saturated heterocycles. The molecule has 3 saturated carbocycles. The second kappa shape index (κ2) is 4.94. The first-order valence-corrected chi connectivity index (χ1v) is 8.25. The van der Waals surface area contributed by atoms with Crippen molar-refractivity contribution in [2.24, 2.45) is 5.41 Å². The Morgan fingerprint density at radius 2 is 2.10 bits per heavy atom. The molecule has 0 amide bonds. The Bertz CT molecular complexity index is 588. The van der Waals surface area contributed by atoms with Gasteiger partial charge < -0.3 is 9.53 Å². The van der Waals surface area contributed by atoms with Crippen LogP contribution in [0.4, 0.5) is 0 Å². The van der Waals surface area contributed by atoms with Crippen molar-refractivity contribution in [1.29, 1.82) is 0 Å². The van der Waals surface area contributed by atoms with Crippen molar-refractivity contribution in [3.63, 3.8) is 0 Å². The molecule has 3 nitrogen and oxygen atoms in total. The van der Waals surface area contributed by atoms with Gasteiger partial charge in [-0.1, -0.05) is 22.0 Å². The molecule has 1 aromatic carbocycles. The number of alkyl halides is 1. The van der Waals surface area contributed by atoms with E-state index in [1.807, 2.05) is 25.1 Å². The van der Waals surface area contributed by atoms with Crippen LogP contribution in [-0.2, 0) is 14.9 Å². The Balaban J connectivity index is 1.84. The van der Waals surface area contributed by atoms with Crippen LogP contribution in [0.3, 0.4) is 0 Å². The molecule has 3 fully saturated rings. The van der Waals surface area contributed by atoms with Gasteiger partial charge in [-0.2, -0.15) is 0 Å². The van der Waals surface area contributed by atoms with Gasteiger partial charge in [-0.05, 0) is 67.2 Å². The van der Waals surface area contributed by atoms with Crippen molar-refractivity contribution >= 4 is 28.2 Å². The van der Waals surface area contributed by atoms with Gasteiger partial charge >= 0.3 is 5.97 Å². The molecule has 3 aliphatic carbocycles. The van der Waals surface area contributed by atoms with Gasteiger partial charge in [0.25, 0.3) is 0 Å². The maximum absolute atomic E-state index is 11.9. The summed E-state index contributed by atoms with van der Waals surface area (Å²) in [6.45, 7) is 4.29. The third-order valence-corrected chi connectivity index (χ3v) is 6.28. The van der Waals surface area contributed by atoms with Gasteiger partial charge in [0.05, 0.1) is 17.0 Å². The maximum Gasteiger partial charge on any atom is 0.338 e. The van der Waals surface area contributed by atoms with Crippen LogP contribution in [0.25, 0.3) is 0 Å². The zero-order valence-corrected chi connectivity index (χ0v) is 13.9. The molecule has 21 heavy (non-hydrogen) atoms. The second-order valence-electron chi connectivity index (χ2n) is 6.46. The smallest absolute Gasteiger partial charge is 0.338 e. The number of hydrogen-bond acceptors (Lipinski definition) is 3. The number of esters is 1. The van der Waals surface area contributed by atoms with Gasteiger partial charge in [-0.15, -0.1) is 0 Å². The van der Waals surface area contributed by atoms with Gasteiger partial charge in [0.2, 0.25) is 0 Å². The molecule has 0 N–H and O–H groups in total. The van der Waals surface area contributed by atoms with E-state index < -0.39 is 0 Å². The van der Waals surface area contributed by atoms with Crippen molar-refractivity contribution in [3.05, 3.63) is 34.9 Å². The van der Waals surface area contributed by atoms with Crippen LogP contribution >= 0.6 is 15.9 Å².